The Kier molecular flexibility index (Phi) is 6.12. The second kappa shape index (κ2) is 8.72. The third kappa shape index (κ3) is 4.55. The highest BCUT2D eigenvalue weighted by Gasteiger charge is 2.21. The Labute approximate surface area is 156 Å². The van der Waals surface area contributed by atoms with Gasteiger partial charge in [-0.05, 0) is 24.1 Å². The van der Waals surface area contributed by atoms with Crippen molar-refractivity contribution in [2.24, 2.45) is 0 Å². The van der Waals surface area contributed by atoms with Crippen LogP contribution in [0.3, 0.4) is 0 Å². The van der Waals surface area contributed by atoms with E-state index >= 15 is 0 Å². The van der Waals surface area contributed by atoms with Crippen LogP contribution in [0.4, 0.5) is 4.39 Å². The first-order valence-electron chi connectivity index (χ1n) is 8.60. The minimum Gasteiger partial charge on any atom is -0.356 e. The van der Waals surface area contributed by atoms with Gasteiger partial charge in [0.2, 0.25) is 5.91 Å². The van der Waals surface area contributed by atoms with Crippen molar-refractivity contribution in [2.75, 3.05) is 6.54 Å². The summed E-state index contributed by atoms with van der Waals surface area (Å²) in [6, 6.07) is 16.3. The predicted octanol–water partition coefficient (Wildman–Crippen LogP) is 4.47. The highest BCUT2D eigenvalue weighted by atomic mass is 32.1. The number of hydrogen-bond donors (Lipinski definition) is 1. The third-order valence-electron chi connectivity index (χ3n) is 4.39. The first-order chi connectivity index (χ1) is 12.6. The Morgan fingerprint density at radius 3 is 2.58 bits per heavy atom. The van der Waals surface area contributed by atoms with Crippen molar-refractivity contribution in [3.63, 3.8) is 0 Å². The summed E-state index contributed by atoms with van der Waals surface area (Å²) >= 11 is 1.60. The average molecular weight is 368 g/mol. The molecule has 1 atom stereocenters. The van der Waals surface area contributed by atoms with E-state index in [1.165, 1.54) is 10.9 Å². The second-order valence-corrected chi connectivity index (χ2v) is 7.09. The number of carbonyl (C=O) groups is 1. The summed E-state index contributed by atoms with van der Waals surface area (Å²) in [5.41, 5.74) is 4.31. The summed E-state index contributed by atoms with van der Waals surface area (Å²) in [6.07, 6.45) is 0.977. The van der Waals surface area contributed by atoms with Crippen molar-refractivity contribution in [3.8, 4) is 0 Å². The van der Waals surface area contributed by atoms with Crippen molar-refractivity contribution in [1.29, 1.82) is 0 Å². The summed E-state index contributed by atoms with van der Waals surface area (Å²) in [5.74, 6) is -0.666. The SMILES string of the molecule is Cc1ncsc1CCNC(=O)C[C@@H](c1ccccc1)c1ccccc1F. The molecule has 3 nitrogen and oxygen atoms in total. The number of aromatic nitrogens is 1. The maximum absolute atomic E-state index is 14.3. The number of hydrogen-bond acceptors (Lipinski definition) is 3. The largest absolute Gasteiger partial charge is 0.356 e. The number of aryl methyl sites for hydroxylation is 1. The van der Waals surface area contributed by atoms with Gasteiger partial charge >= 0.3 is 0 Å². The van der Waals surface area contributed by atoms with Gasteiger partial charge < -0.3 is 5.32 Å². The fourth-order valence-corrected chi connectivity index (χ4v) is 3.77. The molecule has 0 bridgehead atoms. The van der Waals surface area contributed by atoms with Crippen LogP contribution in [0.15, 0.2) is 60.1 Å². The maximum atomic E-state index is 14.3. The summed E-state index contributed by atoms with van der Waals surface area (Å²) in [6.45, 7) is 2.53. The number of halogens is 1. The molecule has 26 heavy (non-hydrogen) atoms. The van der Waals surface area contributed by atoms with Crippen molar-refractivity contribution >= 4 is 17.2 Å². The van der Waals surface area contributed by atoms with Crippen molar-refractivity contribution in [2.45, 2.75) is 25.7 Å². The molecule has 0 spiro atoms. The molecule has 0 aliphatic rings. The first-order valence-corrected chi connectivity index (χ1v) is 9.48. The smallest absolute Gasteiger partial charge is 0.220 e. The van der Waals surface area contributed by atoms with Crippen LogP contribution in [0.5, 0.6) is 0 Å². The second-order valence-electron chi connectivity index (χ2n) is 6.15. The molecule has 0 fully saturated rings. The van der Waals surface area contributed by atoms with E-state index in [-0.39, 0.29) is 24.1 Å². The number of amides is 1. The van der Waals surface area contributed by atoms with Crippen LogP contribution in [0.2, 0.25) is 0 Å². The predicted molar refractivity (Wildman–Crippen MR) is 103 cm³/mol. The van der Waals surface area contributed by atoms with Gasteiger partial charge in [0, 0.05) is 30.2 Å². The van der Waals surface area contributed by atoms with Crippen LogP contribution in [0.1, 0.15) is 34.0 Å². The van der Waals surface area contributed by atoms with Crippen LogP contribution in [-0.4, -0.2) is 17.4 Å². The van der Waals surface area contributed by atoms with Crippen molar-refractivity contribution < 1.29 is 9.18 Å². The number of benzene rings is 2. The highest BCUT2D eigenvalue weighted by molar-refractivity contribution is 7.09. The fraction of sp³-hybridized carbons (Fsp3) is 0.238. The molecule has 0 aliphatic heterocycles. The average Bonchev–Trinajstić information content (AvgIpc) is 3.06. The molecule has 3 rings (SSSR count). The number of rotatable bonds is 7. The molecule has 1 amide bonds. The lowest BCUT2D eigenvalue weighted by Crippen LogP contribution is -2.27. The van der Waals surface area contributed by atoms with E-state index < -0.39 is 0 Å². The normalized spacial score (nSPS) is 11.9. The molecule has 134 valence electrons. The molecule has 1 aromatic heterocycles. The van der Waals surface area contributed by atoms with Gasteiger partial charge in [-0.3, -0.25) is 4.79 Å². The van der Waals surface area contributed by atoms with Crippen LogP contribution in [-0.2, 0) is 11.2 Å². The van der Waals surface area contributed by atoms with E-state index in [4.69, 9.17) is 0 Å². The molecule has 5 heteroatoms. The Bertz CT molecular complexity index is 863. The van der Waals surface area contributed by atoms with Gasteiger partial charge in [0.25, 0.3) is 0 Å². The lowest BCUT2D eigenvalue weighted by Gasteiger charge is -2.18. The van der Waals surface area contributed by atoms with E-state index in [1.807, 2.05) is 42.8 Å². The first kappa shape index (κ1) is 18.3. The van der Waals surface area contributed by atoms with Crippen LogP contribution >= 0.6 is 11.3 Å². The Hall–Kier alpha value is -2.53. The Morgan fingerprint density at radius 2 is 1.88 bits per heavy atom. The van der Waals surface area contributed by atoms with E-state index in [0.29, 0.717) is 12.1 Å². The molecule has 1 N–H and O–H groups in total. The fourth-order valence-electron chi connectivity index (χ4n) is 2.99. The lowest BCUT2D eigenvalue weighted by molar-refractivity contribution is -0.121. The minimum atomic E-state index is -0.303. The minimum absolute atomic E-state index is 0.0794. The summed E-state index contributed by atoms with van der Waals surface area (Å²) in [4.78, 5) is 17.9. The zero-order valence-corrected chi connectivity index (χ0v) is 15.4. The molecule has 0 saturated carbocycles. The molecule has 2 aromatic carbocycles. The number of nitrogens with one attached hydrogen (secondary N) is 1. The summed E-state index contributed by atoms with van der Waals surface area (Å²) in [7, 11) is 0. The monoisotopic (exact) mass is 368 g/mol. The van der Waals surface area contributed by atoms with E-state index in [2.05, 4.69) is 10.3 Å². The zero-order chi connectivity index (χ0) is 18.4. The zero-order valence-electron chi connectivity index (χ0n) is 14.6. The standard InChI is InChI=1S/C21H21FN2OS/c1-15-20(26-14-24-15)11-12-23-21(25)13-18(16-7-3-2-4-8-16)17-9-5-6-10-19(17)22/h2-10,14,18H,11-13H2,1H3,(H,23,25)/t18-/m0/s1. The lowest BCUT2D eigenvalue weighted by atomic mass is 9.88. The number of nitrogens with zero attached hydrogens (tertiary/aromatic N) is 1. The van der Waals surface area contributed by atoms with Gasteiger partial charge in [0.1, 0.15) is 5.82 Å². The van der Waals surface area contributed by atoms with E-state index in [9.17, 15) is 9.18 Å². The van der Waals surface area contributed by atoms with Gasteiger partial charge in [0.05, 0.1) is 11.2 Å². The van der Waals surface area contributed by atoms with Crippen LogP contribution in [0, 0.1) is 12.7 Å². The molecule has 0 radical (unpaired) electrons. The Morgan fingerprint density at radius 1 is 1.15 bits per heavy atom. The van der Waals surface area contributed by atoms with E-state index in [0.717, 1.165) is 17.7 Å². The Balaban J connectivity index is 1.69. The van der Waals surface area contributed by atoms with Gasteiger partial charge in [-0.15, -0.1) is 11.3 Å². The highest BCUT2D eigenvalue weighted by Crippen LogP contribution is 2.29. The molecule has 0 saturated heterocycles. The molecule has 1 heterocycles. The molecule has 3 aromatic rings. The van der Waals surface area contributed by atoms with Crippen molar-refractivity contribution in [3.05, 3.63) is 87.6 Å². The third-order valence-corrected chi connectivity index (χ3v) is 5.39. The van der Waals surface area contributed by atoms with Crippen LogP contribution < -0.4 is 5.32 Å². The molecule has 0 unspecified atom stereocenters. The number of carbonyl (C=O) groups excluding carboxylic acids is 1. The summed E-state index contributed by atoms with van der Waals surface area (Å²) in [5, 5.41) is 2.96. The molecular weight excluding hydrogens is 347 g/mol. The van der Waals surface area contributed by atoms with Gasteiger partial charge in [0.15, 0.2) is 0 Å². The maximum Gasteiger partial charge on any atom is 0.220 e. The number of thiazole rings is 1. The topological polar surface area (TPSA) is 42.0 Å². The van der Waals surface area contributed by atoms with Crippen LogP contribution in [0.25, 0.3) is 0 Å². The van der Waals surface area contributed by atoms with Gasteiger partial charge in [-0.2, -0.15) is 0 Å². The van der Waals surface area contributed by atoms with Gasteiger partial charge in [-0.1, -0.05) is 48.5 Å². The molecule has 0 aliphatic carbocycles. The quantitative estimate of drug-likeness (QED) is 0.668. The van der Waals surface area contributed by atoms with Crippen molar-refractivity contribution in [1.82, 2.24) is 10.3 Å². The molecular formula is C21H21FN2OS. The van der Waals surface area contributed by atoms with Gasteiger partial charge in [-0.25, -0.2) is 9.37 Å². The summed E-state index contributed by atoms with van der Waals surface area (Å²) < 4.78 is 14.3. The van der Waals surface area contributed by atoms with E-state index in [1.54, 1.807) is 29.5 Å².